The highest BCUT2D eigenvalue weighted by molar-refractivity contribution is 6.30. The monoisotopic (exact) mass is 235 g/mol. The zero-order valence-corrected chi connectivity index (χ0v) is 9.86. The molecule has 1 rings (SSSR count). The van der Waals surface area contributed by atoms with E-state index in [1.165, 1.54) is 0 Å². The minimum absolute atomic E-state index is 0. The lowest BCUT2D eigenvalue weighted by Gasteiger charge is -2.13. The Hall–Kier alpha value is -0.440. The van der Waals surface area contributed by atoms with Crippen molar-refractivity contribution in [3.63, 3.8) is 0 Å². The Morgan fingerprint density at radius 2 is 2.07 bits per heavy atom. The van der Waals surface area contributed by atoms with Crippen LogP contribution in [-0.4, -0.2) is 6.10 Å². The van der Waals surface area contributed by atoms with E-state index in [2.05, 4.69) is 0 Å². The van der Waals surface area contributed by atoms with Crippen molar-refractivity contribution in [2.75, 3.05) is 0 Å². The van der Waals surface area contributed by atoms with Crippen molar-refractivity contribution in [3.05, 3.63) is 28.8 Å². The van der Waals surface area contributed by atoms with E-state index < -0.39 is 0 Å². The van der Waals surface area contributed by atoms with Crippen LogP contribution >= 0.6 is 24.0 Å². The molecular weight excluding hydrogens is 221 g/mol. The van der Waals surface area contributed by atoms with Gasteiger partial charge in [-0.25, -0.2) is 0 Å². The highest BCUT2D eigenvalue weighted by atomic mass is 35.5. The maximum Gasteiger partial charge on any atom is 0.125 e. The normalized spacial score (nSPS) is 9.79. The molecule has 0 aliphatic carbocycles. The van der Waals surface area contributed by atoms with Gasteiger partial charge in [0.25, 0.3) is 0 Å². The molecule has 0 unspecified atom stereocenters. The molecule has 0 bridgehead atoms. The summed E-state index contributed by atoms with van der Waals surface area (Å²) in [7, 11) is 0. The summed E-state index contributed by atoms with van der Waals surface area (Å²) in [6.07, 6.45) is 0.142. The van der Waals surface area contributed by atoms with E-state index >= 15 is 0 Å². The zero-order chi connectivity index (χ0) is 9.84. The summed E-state index contributed by atoms with van der Waals surface area (Å²) in [5.74, 6) is 0.782. The molecule has 0 amide bonds. The Morgan fingerprint density at radius 3 is 2.57 bits per heavy atom. The fraction of sp³-hybridized carbons (Fsp3) is 0.400. The standard InChI is InChI=1S/C10H14ClNO.ClH/c1-7(2)13-10-5-9(11)4-3-8(10)6-12;/h3-5,7H,6,12H2,1-2H3;1H. The predicted octanol–water partition coefficient (Wildman–Crippen LogP) is 3.01. The van der Waals surface area contributed by atoms with Crippen molar-refractivity contribution < 1.29 is 4.74 Å². The third-order valence-corrected chi connectivity index (χ3v) is 1.85. The molecule has 0 fully saturated rings. The molecule has 80 valence electrons. The first kappa shape index (κ1) is 13.6. The van der Waals surface area contributed by atoms with E-state index in [0.29, 0.717) is 11.6 Å². The molecule has 2 N–H and O–H groups in total. The maximum absolute atomic E-state index is 5.84. The van der Waals surface area contributed by atoms with Crippen LogP contribution in [0, 0.1) is 0 Å². The Morgan fingerprint density at radius 1 is 1.43 bits per heavy atom. The van der Waals surface area contributed by atoms with Crippen molar-refractivity contribution in [3.8, 4) is 5.75 Å². The lowest BCUT2D eigenvalue weighted by Crippen LogP contribution is -2.09. The average molecular weight is 236 g/mol. The Balaban J connectivity index is 0.00000169. The quantitative estimate of drug-likeness (QED) is 0.875. The molecule has 0 radical (unpaired) electrons. The van der Waals surface area contributed by atoms with Gasteiger partial charge in [-0.3, -0.25) is 0 Å². The number of ether oxygens (including phenoxy) is 1. The second-order valence-electron chi connectivity index (χ2n) is 3.12. The fourth-order valence-electron chi connectivity index (χ4n) is 1.06. The van der Waals surface area contributed by atoms with E-state index in [4.69, 9.17) is 22.1 Å². The smallest absolute Gasteiger partial charge is 0.125 e. The SMILES string of the molecule is CC(C)Oc1cc(Cl)ccc1CN.Cl. The maximum atomic E-state index is 5.84. The highest BCUT2D eigenvalue weighted by Crippen LogP contribution is 2.23. The largest absolute Gasteiger partial charge is 0.491 e. The van der Waals surface area contributed by atoms with E-state index in [1.54, 1.807) is 6.07 Å². The zero-order valence-electron chi connectivity index (χ0n) is 8.29. The van der Waals surface area contributed by atoms with Gasteiger partial charge in [0.2, 0.25) is 0 Å². The Labute approximate surface area is 95.8 Å². The van der Waals surface area contributed by atoms with Crippen molar-refractivity contribution in [1.82, 2.24) is 0 Å². The molecule has 2 nitrogen and oxygen atoms in total. The second kappa shape index (κ2) is 6.12. The lowest BCUT2D eigenvalue weighted by atomic mass is 10.2. The first-order valence-electron chi connectivity index (χ1n) is 4.28. The molecule has 0 aromatic heterocycles. The molecule has 4 heteroatoms. The van der Waals surface area contributed by atoms with Gasteiger partial charge in [-0.15, -0.1) is 12.4 Å². The second-order valence-corrected chi connectivity index (χ2v) is 3.56. The van der Waals surface area contributed by atoms with Gasteiger partial charge in [0.05, 0.1) is 6.10 Å². The number of rotatable bonds is 3. The minimum atomic E-state index is 0. The van der Waals surface area contributed by atoms with Crippen LogP contribution in [0.4, 0.5) is 0 Å². The van der Waals surface area contributed by atoms with Gasteiger partial charge < -0.3 is 10.5 Å². The molecule has 0 atom stereocenters. The molecule has 0 aliphatic heterocycles. The lowest BCUT2D eigenvalue weighted by molar-refractivity contribution is 0.240. The third kappa shape index (κ3) is 3.74. The van der Waals surface area contributed by atoms with Crippen molar-refractivity contribution in [2.24, 2.45) is 5.73 Å². The number of hydrogen-bond donors (Lipinski definition) is 1. The fourth-order valence-corrected chi connectivity index (χ4v) is 1.22. The van der Waals surface area contributed by atoms with Crippen LogP contribution in [0.15, 0.2) is 18.2 Å². The van der Waals surface area contributed by atoms with Crippen LogP contribution in [0.5, 0.6) is 5.75 Å². The summed E-state index contributed by atoms with van der Waals surface area (Å²) in [6, 6.07) is 5.50. The number of nitrogens with two attached hydrogens (primary N) is 1. The topological polar surface area (TPSA) is 35.2 Å². The van der Waals surface area contributed by atoms with Gasteiger partial charge in [-0.2, -0.15) is 0 Å². The molecule has 0 spiro atoms. The minimum Gasteiger partial charge on any atom is -0.491 e. The van der Waals surface area contributed by atoms with E-state index in [9.17, 15) is 0 Å². The molecule has 0 saturated carbocycles. The van der Waals surface area contributed by atoms with Gasteiger partial charge in [-0.1, -0.05) is 17.7 Å². The van der Waals surface area contributed by atoms with Gasteiger partial charge in [-0.05, 0) is 26.0 Å². The van der Waals surface area contributed by atoms with E-state index in [0.717, 1.165) is 11.3 Å². The molecule has 0 aliphatic rings. The molecule has 0 heterocycles. The van der Waals surface area contributed by atoms with Crippen LogP contribution < -0.4 is 10.5 Å². The van der Waals surface area contributed by atoms with Crippen molar-refractivity contribution in [1.29, 1.82) is 0 Å². The number of halogens is 2. The summed E-state index contributed by atoms with van der Waals surface area (Å²) in [6.45, 7) is 4.42. The van der Waals surface area contributed by atoms with Crippen LogP contribution in [-0.2, 0) is 6.54 Å². The predicted molar refractivity (Wildman–Crippen MR) is 62.4 cm³/mol. The average Bonchev–Trinajstić information content (AvgIpc) is 2.03. The molecule has 1 aromatic carbocycles. The highest BCUT2D eigenvalue weighted by Gasteiger charge is 2.04. The molecule has 0 saturated heterocycles. The Bertz CT molecular complexity index is 289. The van der Waals surface area contributed by atoms with Gasteiger partial charge in [0, 0.05) is 17.1 Å². The summed E-state index contributed by atoms with van der Waals surface area (Å²) in [4.78, 5) is 0. The van der Waals surface area contributed by atoms with E-state index in [1.807, 2.05) is 26.0 Å². The molecular formula is C10H15Cl2NO. The van der Waals surface area contributed by atoms with E-state index in [-0.39, 0.29) is 18.5 Å². The third-order valence-electron chi connectivity index (χ3n) is 1.61. The van der Waals surface area contributed by atoms with Crippen LogP contribution in [0.1, 0.15) is 19.4 Å². The summed E-state index contributed by atoms with van der Waals surface area (Å²) >= 11 is 5.84. The summed E-state index contributed by atoms with van der Waals surface area (Å²) in [5, 5.41) is 0.674. The summed E-state index contributed by atoms with van der Waals surface area (Å²) < 4.78 is 5.55. The van der Waals surface area contributed by atoms with Crippen molar-refractivity contribution >= 4 is 24.0 Å². The van der Waals surface area contributed by atoms with Crippen LogP contribution in [0.2, 0.25) is 5.02 Å². The van der Waals surface area contributed by atoms with Gasteiger partial charge >= 0.3 is 0 Å². The number of benzene rings is 1. The molecule has 1 aromatic rings. The van der Waals surface area contributed by atoms with Crippen LogP contribution in [0.3, 0.4) is 0 Å². The summed E-state index contributed by atoms with van der Waals surface area (Å²) in [5.41, 5.74) is 6.54. The van der Waals surface area contributed by atoms with Gasteiger partial charge in [0.1, 0.15) is 5.75 Å². The van der Waals surface area contributed by atoms with Gasteiger partial charge in [0.15, 0.2) is 0 Å². The Kier molecular flexibility index (Phi) is 5.93. The molecule has 14 heavy (non-hydrogen) atoms. The van der Waals surface area contributed by atoms with Crippen molar-refractivity contribution in [2.45, 2.75) is 26.5 Å². The van der Waals surface area contributed by atoms with Crippen LogP contribution in [0.25, 0.3) is 0 Å². The first-order valence-corrected chi connectivity index (χ1v) is 4.66. The first-order chi connectivity index (χ1) is 6.13. The number of hydrogen-bond acceptors (Lipinski definition) is 2.